The highest BCUT2D eigenvalue weighted by Gasteiger charge is 2.36. The number of imidazole rings is 2. The summed E-state index contributed by atoms with van der Waals surface area (Å²) in [7, 11) is 4.19. The second kappa shape index (κ2) is 21.3. The van der Waals surface area contributed by atoms with Gasteiger partial charge in [0.1, 0.15) is 36.1 Å². The van der Waals surface area contributed by atoms with Crippen LogP contribution in [-0.2, 0) is 30.4 Å². The number of aromatic amines is 2. The van der Waals surface area contributed by atoms with Gasteiger partial charge in [0.25, 0.3) is 5.91 Å². The first-order valence-electron chi connectivity index (χ1n) is 23.3. The van der Waals surface area contributed by atoms with Gasteiger partial charge in [0.05, 0.1) is 55.8 Å². The summed E-state index contributed by atoms with van der Waals surface area (Å²) in [5.74, 6) is 1.51. The van der Waals surface area contributed by atoms with Crippen LogP contribution in [0.3, 0.4) is 0 Å². The van der Waals surface area contributed by atoms with Crippen LogP contribution in [-0.4, -0.2) is 101 Å². The summed E-state index contributed by atoms with van der Waals surface area (Å²) in [6, 6.07) is 20.9. The molecule has 4 aromatic carbocycles. The van der Waals surface area contributed by atoms with Crippen molar-refractivity contribution >= 4 is 45.8 Å². The molecule has 0 saturated heterocycles. The predicted molar refractivity (Wildman–Crippen MR) is 261 cm³/mol. The summed E-state index contributed by atoms with van der Waals surface area (Å²) >= 11 is 0. The fourth-order valence-electron chi connectivity index (χ4n) is 8.94. The van der Waals surface area contributed by atoms with Gasteiger partial charge >= 0.3 is 12.2 Å². The summed E-state index contributed by atoms with van der Waals surface area (Å²) in [6.07, 6.45) is 1.13. The van der Waals surface area contributed by atoms with Gasteiger partial charge < -0.3 is 49.3 Å². The number of benzene rings is 4. The van der Waals surface area contributed by atoms with Crippen molar-refractivity contribution in [3.8, 4) is 28.1 Å². The number of hydrogen-bond donors (Lipinski definition) is 4. The maximum absolute atomic E-state index is 14.6. The Kier molecular flexibility index (Phi) is 15.4. The smallest absolute Gasteiger partial charge is 0.407 e. The summed E-state index contributed by atoms with van der Waals surface area (Å²) in [5.41, 5.74) is 6.94. The van der Waals surface area contributed by atoms with E-state index < -0.39 is 36.4 Å². The highest BCUT2D eigenvalue weighted by molar-refractivity contribution is 6.07. The maximum atomic E-state index is 14.6. The number of carbonyl (C=O) groups excluding carboxylic acids is 4. The van der Waals surface area contributed by atoms with Crippen molar-refractivity contribution in [1.29, 1.82) is 0 Å². The highest BCUT2D eigenvalue weighted by Crippen LogP contribution is 2.43. The molecule has 16 heteroatoms. The Morgan fingerprint density at radius 3 is 2.18 bits per heavy atom. The van der Waals surface area contributed by atoms with Crippen molar-refractivity contribution in [3.05, 3.63) is 102 Å². The minimum Gasteiger partial charge on any atom is -0.488 e. The van der Waals surface area contributed by atoms with Crippen LogP contribution in [0, 0.1) is 17.8 Å². The van der Waals surface area contributed by atoms with Crippen molar-refractivity contribution < 1.29 is 38.1 Å². The van der Waals surface area contributed by atoms with Gasteiger partial charge in [0.15, 0.2) is 0 Å². The Bertz CT molecular complexity index is 2750. The lowest BCUT2D eigenvalue weighted by atomic mass is 9.92. The molecule has 68 heavy (non-hydrogen) atoms. The van der Waals surface area contributed by atoms with Crippen LogP contribution in [0.4, 0.5) is 9.59 Å². The molecule has 16 nitrogen and oxygen atoms in total. The van der Waals surface area contributed by atoms with E-state index in [0.29, 0.717) is 49.9 Å². The Hall–Kier alpha value is -6.94. The Labute approximate surface area is 397 Å². The van der Waals surface area contributed by atoms with E-state index in [0.717, 1.165) is 55.5 Å². The van der Waals surface area contributed by atoms with E-state index in [1.807, 2.05) is 71.0 Å². The molecule has 4 N–H and O–H groups in total. The van der Waals surface area contributed by atoms with Crippen LogP contribution in [0.1, 0.15) is 95.8 Å². The normalized spacial score (nSPS) is 14.7. The predicted octanol–water partition coefficient (Wildman–Crippen LogP) is 9.25. The van der Waals surface area contributed by atoms with Crippen LogP contribution >= 0.6 is 0 Å². The average molecular weight is 929 g/mol. The van der Waals surface area contributed by atoms with E-state index >= 15 is 0 Å². The molecule has 0 fully saturated rings. The first-order chi connectivity index (χ1) is 32.6. The standard InChI is InChI=1S/C52H64N8O8/c1-11-31(5)44(57-51(63)66-9)49(61)59(25-29(2)3)32(6)47-53-24-42(55-47)36-17-19-38-37(21-36)28-68-43-23-39-35(22-40(38)43)18-20-41-46(39)56-48(54-41)33(7)60(26-30(4)27-65-8)50(62)45(58-52(64)67-10)34-15-13-12-14-16-34/h12-24,29-33,44-45H,11,25-28H2,1-10H3,(H,53,55)(H,54,56)(H,57,63)(H,58,64)/t30-,31-,32-,33-,44?,45+/m0/s1. The fourth-order valence-corrected chi connectivity index (χ4v) is 8.94. The number of ether oxygens (including phenoxy) is 4. The second-order valence-electron chi connectivity index (χ2n) is 18.3. The number of rotatable bonds is 18. The summed E-state index contributed by atoms with van der Waals surface area (Å²) in [4.78, 5) is 73.8. The van der Waals surface area contributed by atoms with Crippen LogP contribution < -0.4 is 15.4 Å². The minimum absolute atomic E-state index is 0.0242. The number of aromatic nitrogens is 4. The van der Waals surface area contributed by atoms with E-state index in [1.54, 1.807) is 35.2 Å². The van der Waals surface area contributed by atoms with Crippen molar-refractivity contribution in [2.45, 2.75) is 85.7 Å². The Balaban J connectivity index is 1.16. The number of amides is 4. The minimum atomic E-state index is -0.997. The third kappa shape index (κ3) is 10.4. The number of alkyl carbamates (subject to hydrolysis) is 2. The quantitative estimate of drug-likeness (QED) is 0.0646. The summed E-state index contributed by atoms with van der Waals surface area (Å²) < 4.78 is 21.7. The third-order valence-corrected chi connectivity index (χ3v) is 12.9. The van der Waals surface area contributed by atoms with Gasteiger partial charge in [0.2, 0.25) is 5.91 Å². The van der Waals surface area contributed by atoms with Crippen molar-refractivity contribution in [1.82, 2.24) is 40.4 Å². The van der Waals surface area contributed by atoms with Gasteiger partial charge in [-0.25, -0.2) is 19.6 Å². The molecule has 0 radical (unpaired) electrons. The lowest BCUT2D eigenvalue weighted by molar-refractivity contribution is -0.138. The SMILES string of the molecule is CC[C@H](C)C(NC(=O)OC)C(=O)N(CC(C)C)[C@@H](C)c1ncc(-c2ccc3c(c2)COc2cc4c(ccc5nc([C@H](C)N(C[C@H](C)COC)C(=O)[C@H](NC(=O)OC)c6ccccc6)[nH]c54)cc2-3)[nH]1. The molecule has 1 aliphatic heterocycles. The molecule has 0 saturated carbocycles. The number of nitrogens with zero attached hydrogens (tertiary/aromatic N) is 4. The van der Waals surface area contributed by atoms with Crippen molar-refractivity contribution in [2.24, 2.45) is 17.8 Å². The molecule has 1 aliphatic rings. The number of hydrogen-bond acceptors (Lipinski definition) is 10. The van der Waals surface area contributed by atoms with E-state index in [1.165, 1.54) is 14.2 Å². The van der Waals surface area contributed by atoms with Gasteiger partial charge in [-0.15, -0.1) is 0 Å². The van der Waals surface area contributed by atoms with Gasteiger partial charge in [-0.3, -0.25) is 9.59 Å². The largest absolute Gasteiger partial charge is 0.488 e. The zero-order chi connectivity index (χ0) is 48.8. The molecule has 6 aromatic rings. The van der Waals surface area contributed by atoms with Gasteiger partial charge in [-0.1, -0.05) is 89.6 Å². The van der Waals surface area contributed by atoms with Crippen LogP contribution in [0.5, 0.6) is 5.75 Å². The lowest BCUT2D eigenvalue weighted by Gasteiger charge is -2.34. The molecule has 2 aromatic heterocycles. The molecule has 0 spiro atoms. The van der Waals surface area contributed by atoms with Crippen LogP contribution in [0.25, 0.3) is 44.2 Å². The number of carbonyl (C=O) groups is 4. The van der Waals surface area contributed by atoms with Crippen molar-refractivity contribution in [2.75, 3.05) is 41.0 Å². The molecule has 7 rings (SSSR count). The van der Waals surface area contributed by atoms with E-state index in [4.69, 9.17) is 28.9 Å². The number of nitrogens with one attached hydrogen (secondary N) is 4. The van der Waals surface area contributed by atoms with E-state index in [9.17, 15) is 19.2 Å². The topological polar surface area (TPSA) is 193 Å². The van der Waals surface area contributed by atoms with Gasteiger partial charge in [-0.2, -0.15) is 0 Å². The summed E-state index contributed by atoms with van der Waals surface area (Å²) in [6.45, 7) is 15.5. The zero-order valence-corrected chi connectivity index (χ0v) is 40.6. The first-order valence-corrected chi connectivity index (χ1v) is 23.3. The first kappa shape index (κ1) is 49.0. The lowest BCUT2D eigenvalue weighted by Crippen LogP contribution is -2.53. The Morgan fingerprint density at radius 2 is 1.49 bits per heavy atom. The maximum Gasteiger partial charge on any atom is 0.407 e. The fraction of sp³-hybridized carbons (Fsp3) is 0.423. The molecule has 0 aliphatic carbocycles. The van der Waals surface area contributed by atoms with E-state index in [2.05, 4.69) is 58.7 Å². The molecule has 3 heterocycles. The average Bonchev–Trinajstić information content (AvgIpc) is 4.03. The summed E-state index contributed by atoms with van der Waals surface area (Å²) in [5, 5.41) is 7.42. The monoisotopic (exact) mass is 928 g/mol. The number of fused-ring (bicyclic) bond motifs is 6. The van der Waals surface area contributed by atoms with Gasteiger partial charge in [-0.05, 0) is 83.5 Å². The van der Waals surface area contributed by atoms with E-state index in [-0.39, 0.29) is 29.6 Å². The second-order valence-corrected chi connectivity index (χ2v) is 18.3. The van der Waals surface area contributed by atoms with Crippen LogP contribution in [0.15, 0.2) is 79.0 Å². The van der Waals surface area contributed by atoms with Gasteiger partial charge in [0, 0.05) is 31.1 Å². The Morgan fingerprint density at radius 1 is 0.779 bits per heavy atom. The highest BCUT2D eigenvalue weighted by atomic mass is 16.5. The van der Waals surface area contributed by atoms with Crippen LogP contribution in [0.2, 0.25) is 0 Å². The molecule has 4 amide bonds. The third-order valence-electron chi connectivity index (χ3n) is 12.9. The molecule has 1 unspecified atom stereocenters. The molecular weight excluding hydrogens is 865 g/mol. The number of methoxy groups -OCH3 is 3. The van der Waals surface area contributed by atoms with Crippen molar-refractivity contribution in [3.63, 3.8) is 0 Å². The molecule has 360 valence electrons. The number of H-pyrrole nitrogens is 2. The molecule has 0 bridgehead atoms. The molecular formula is C52H64N8O8. The zero-order valence-electron chi connectivity index (χ0n) is 40.6. The molecule has 6 atom stereocenters.